The standard InChI is InChI=1S/C13H19F3N2O2/c1-3-12(2)11(20)17-9(8-4-5-8)10(19)18(12)7-6-13(14,15)16/h8-9H,3-7H2,1-2H3,(H,17,20). The van der Waals surface area contributed by atoms with Gasteiger partial charge in [0.2, 0.25) is 11.8 Å². The zero-order valence-corrected chi connectivity index (χ0v) is 11.6. The van der Waals surface area contributed by atoms with E-state index in [9.17, 15) is 22.8 Å². The van der Waals surface area contributed by atoms with Gasteiger partial charge in [0.15, 0.2) is 0 Å². The average molecular weight is 292 g/mol. The van der Waals surface area contributed by atoms with E-state index in [4.69, 9.17) is 0 Å². The maximum absolute atomic E-state index is 12.4. The molecule has 2 aliphatic rings. The van der Waals surface area contributed by atoms with Crippen molar-refractivity contribution in [1.29, 1.82) is 0 Å². The van der Waals surface area contributed by atoms with Gasteiger partial charge in [-0.25, -0.2) is 0 Å². The number of amides is 2. The molecule has 114 valence electrons. The molecule has 2 unspecified atom stereocenters. The number of nitrogens with zero attached hydrogens (tertiary/aromatic N) is 1. The first-order valence-electron chi connectivity index (χ1n) is 6.88. The van der Waals surface area contributed by atoms with Gasteiger partial charge in [-0.3, -0.25) is 9.59 Å². The maximum atomic E-state index is 12.4. The molecular formula is C13H19F3N2O2. The average Bonchev–Trinajstić information content (AvgIpc) is 3.16. The molecule has 0 spiro atoms. The van der Waals surface area contributed by atoms with E-state index in [1.165, 1.54) is 6.92 Å². The van der Waals surface area contributed by atoms with Crippen molar-refractivity contribution in [1.82, 2.24) is 10.2 Å². The van der Waals surface area contributed by atoms with E-state index in [-0.39, 0.29) is 17.7 Å². The van der Waals surface area contributed by atoms with Crippen LogP contribution in [0.3, 0.4) is 0 Å². The number of carbonyl (C=O) groups excluding carboxylic acids is 2. The summed E-state index contributed by atoms with van der Waals surface area (Å²) in [4.78, 5) is 25.7. The van der Waals surface area contributed by atoms with Gasteiger partial charge < -0.3 is 10.2 Å². The Morgan fingerprint density at radius 3 is 2.40 bits per heavy atom. The van der Waals surface area contributed by atoms with Crippen LogP contribution in [-0.2, 0) is 9.59 Å². The largest absolute Gasteiger partial charge is 0.390 e. The summed E-state index contributed by atoms with van der Waals surface area (Å²) in [5.41, 5.74) is -1.19. The minimum absolute atomic E-state index is 0.0845. The molecule has 2 amide bonds. The molecule has 0 aromatic heterocycles. The molecule has 1 saturated heterocycles. The Morgan fingerprint density at radius 1 is 1.35 bits per heavy atom. The molecule has 2 fully saturated rings. The highest BCUT2D eigenvalue weighted by molar-refractivity contribution is 5.99. The second kappa shape index (κ2) is 4.93. The molecule has 20 heavy (non-hydrogen) atoms. The summed E-state index contributed by atoms with van der Waals surface area (Å²) >= 11 is 0. The van der Waals surface area contributed by atoms with Crippen LogP contribution in [-0.4, -0.2) is 41.0 Å². The van der Waals surface area contributed by atoms with E-state index in [2.05, 4.69) is 5.32 Å². The number of rotatable bonds is 4. The van der Waals surface area contributed by atoms with Crippen molar-refractivity contribution in [2.24, 2.45) is 5.92 Å². The van der Waals surface area contributed by atoms with E-state index in [1.807, 2.05) is 0 Å². The highest BCUT2D eigenvalue weighted by Crippen LogP contribution is 2.38. The summed E-state index contributed by atoms with van der Waals surface area (Å²) in [6.07, 6.45) is -3.45. The van der Waals surface area contributed by atoms with Crippen LogP contribution in [0, 0.1) is 5.92 Å². The zero-order chi connectivity index (χ0) is 15.1. The molecule has 0 radical (unpaired) electrons. The molecule has 0 bridgehead atoms. The number of hydrogen-bond acceptors (Lipinski definition) is 2. The van der Waals surface area contributed by atoms with Crippen LogP contribution in [0.25, 0.3) is 0 Å². The number of alkyl halides is 3. The molecule has 0 aromatic carbocycles. The first-order chi connectivity index (χ1) is 9.19. The van der Waals surface area contributed by atoms with Gasteiger partial charge in [-0.05, 0) is 32.1 Å². The topological polar surface area (TPSA) is 49.4 Å². The van der Waals surface area contributed by atoms with Crippen LogP contribution in [0.15, 0.2) is 0 Å². The molecule has 4 nitrogen and oxygen atoms in total. The van der Waals surface area contributed by atoms with Gasteiger partial charge in [0.1, 0.15) is 11.6 Å². The molecule has 7 heteroatoms. The number of piperazine rings is 1. The van der Waals surface area contributed by atoms with Crippen molar-refractivity contribution in [2.75, 3.05) is 6.54 Å². The third kappa shape index (κ3) is 2.76. The van der Waals surface area contributed by atoms with E-state index in [1.54, 1.807) is 6.92 Å². The molecule has 2 atom stereocenters. The van der Waals surface area contributed by atoms with Crippen LogP contribution in [0.1, 0.15) is 39.5 Å². The van der Waals surface area contributed by atoms with Gasteiger partial charge in [-0.1, -0.05) is 6.92 Å². The molecule has 0 aromatic rings. The summed E-state index contributed by atoms with van der Waals surface area (Å²) in [7, 11) is 0. The van der Waals surface area contributed by atoms with Crippen LogP contribution in [0.2, 0.25) is 0 Å². The quantitative estimate of drug-likeness (QED) is 0.859. The minimum atomic E-state index is -4.34. The van der Waals surface area contributed by atoms with Gasteiger partial charge in [0.25, 0.3) is 0 Å². The highest BCUT2D eigenvalue weighted by atomic mass is 19.4. The van der Waals surface area contributed by atoms with Gasteiger partial charge >= 0.3 is 6.18 Å². The van der Waals surface area contributed by atoms with Gasteiger partial charge in [-0.2, -0.15) is 13.2 Å². The monoisotopic (exact) mass is 292 g/mol. The fraction of sp³-hybridized carbons (Fsp3) is 0.846. The molecule has 1 aliphatic carbocycles. The number of hydrogen-bond donors (Lipinski definition) is 1. The lowest BCUT2D eigenvalue weighted by Gasteiger charge is -2.46. The normalized spacial score (nSPS) is 31.4. The van der Waals surface area contributed by atoms with Crippen molar-refractivity contribution in [2.45, 2.75) is 57.3 Å². The summed E-state index contributed by atoms with van der Waals surface area (Å²) in [5, 5.41) is 2.69. The van der Waals surface area contributed by atoms with E-state index in [0.29, 0.717) is 6.42 Å². The lowest BCUT2D eigenvalue weighted by molar-refractivity contribution is -0.165. The number of carbonyl (C=O) groups is 2. The lowest BCUT2D eigenvalue weighted by Crippen LogP contribution is -2.70. The fourth-order valence-corrected chi connectivity index (χ4v) is 2.59. The van der Waals surface area contributed by atoms with Crippen molar-refractivity contribution in [3.63, 3.8) is 0 Å². The summed E-state index contributed by atoms with van der Waals surface area (Å²) < 4.78 is 37.3. The van der Waals surface area contributed by atoms with Crippen LogP contribution in [0.4, 0.5) is 13.2 Å². The Labute approximate surface area is 115 Å². The van der Waals surface area contributed by atoms with Gasteiger partial charge in [0.05, 0.1) is 6.42 Å². The smallest absolute Gasteiger partial charge is 0.342 e. The van der Waals surface area contributed by atoms with Crippen LogP contribution < -0.4 is 5.32 Å². The third-order valence-electron chi connectivity index (χ3n) is 4.30. The Balaban J connectivity index is 2.20. The second-order valence-electron chi connectivity index (χ2n) is 5.77. The maximum Gasteiger partial charge on any atom is 0.390 e. The second-order valence-corrected chi connectivity index (χ2v) is 5.77. The third-order valence-corrected chi connectivity index (χ3v) is 4.30. The first kappa shape index (κ1) is 15.1. The molecular weight excluding hydrogens is 273 g/mol. The Bertz CT molecular complexity index is 420. The van der Waals surface area contributed by atoms with Gasteiger partial charge in [0, 0.05) is 6.54 Å². The molecule has 1 heterocycles. The predicted octanol–water partition coefficient (Wildman–Crippen LogP) is 1.84. The Hall–Kier alpha value is -1.27. The number of halogens is 3. The van der Waals surface area contributed by atoms with Crippen molar-refractivity contribution < 1.29 is 22.8 Å². The predicted molar refractivity (Wildman–Crippen MR) is 65.7 cm³/mol. The SMILES string of the molecule is CCC1(C)C(=O)NC(C2CC2)C(=O)N1CCC(F)(F)F. The van der Waals surface area contributed by atoms with Crippen LogP contribution in [0.5, 0.6) is 0 Å². The summed E-state index contributed by atoms with van der Waals surface area (Å²) in [6.45, 7) is 2.77. The van der Waals surface area contributed by atoms with E-state index in [0.717, 1.165) is 17.7 Å². The van der Waals surface area contributed by atoms with Gasteiger partial charge in [-0.15, -0.1) is 0 Å². The van der Waals surface area contributed by atoms with E-state index < -0.39 is 30.7 Å². The summed E-state index contributed by atoms with van der Waals surface area (Å²) in [6, 6.07) is -0.643. The fourth-order valence-electron chi connectivity index (χ4n) is 2.59. The highest BCUT2D eigenvalue weighted by Gasteiger charge is 2.52. The molecule has 1 N–H and O–H groups in total. The van der Waals surface area contributed by atoms with E-state index >= 15 is 0 Å². The molecule has 1 aliphatic heterocycles. The molecule has 1 saturated carbocycles. The first-order valence-corrected chi connectivity index (χ1v) is 6.88. The Morgan fingerprint density at radius 2 is 1.95 bits per heavy atom. The van der Waals surface area contributed by atoms with Crippen molar-refractivity contribution in [3.05, 3.63) is 0 Å². The van der Waals surface area contributed by atoms with Crippen molar-refractivity contribution >= 4 is 11.8 Å². The van der Waals surface area contributed by atoms with Crippen LogP contribution >= 0.6 is 0 Å². The molecule has 2 rings (SSSR count). The number of nitrogens with one attached hydrogen (secondary N) is 1. The Kier molecular flexibility index (Phi) is 3.73. The lowest BCUT2D eigenvalue weighted by atomic mass is 9.89. The zero-order valence-electron chi connectivity index (χ0n) is 11.6. The summed E-state index contributed by atoms with van der Waals surface area (Å²) in [5.74, 6) is -0.638. The minimum Gasteiger partial charge on any atom is -0.342 e. The van der Waals surface area contributed by atoms with Crippen molar-refractivity contribution in [3.8, 4) is 0 Å².